The first-order valence-electron chi connectivity index (χ1n) is 9.70. The smallest absolute Gasteiger partial charge is 0.226 e. The molecular formula is C21H29N5OS. The van der Waals surface area contributed by atoms with E-state index in [0.29, 0.717) is 6.54 Å². The van der Waals surface area contributed by atoms with Crippen molar-refractivity contribution >= 4 is 33.9 Å². The first-order valence-corrected chi connectivity index (χ1v) is 10.6. The van der Waals surface area contributed by atoms with Crippen LogP contribution in [0, 0.1) is 5.92 Å². The van der Waals surface area contributed by atoms with Gasteiger partial charge in [0.15, 0.2) is 5.96 Å². The van der Waals surface area contributed by atoms with E-state index in [-0.39, 0.29) is 11.8 Å². The average Bonchev–Trinajstić information content (AvgIpc) is 3.25. The molecule has 1 saturated heterocycles. The zero-order valence-corrected chi connectivity index (χ0v) is 17.6. The van der Waals surface area contributed by atoms with E-state index >= 15 is 0 Å². The summed E-state index contributed by atoms with van der Waals surface area (Å²) in [6.07, 6.45) is 0. The number of hydrogen-bond donors (Lipinski definition) is 2. The number of hydrogen-bond acceptors (Lipinski definition) is 4. The third kappa shape index (κ3) is 5.25. The number of rotatable bonds is 5. The Balaban J connectivity index is 1.48. The minimum absolute atomic E-state index is 0.0232. The van der Waals surface area contributed by atoms with Crippen molar-refractivity contribution in [3.63, 3.8) is 0 Å². The van der Waals surface area contributed by atoms with E-state index in [0.717, 1.165) is 43.4 Å². The standard InChI is InChI=1S/C21H29N5OS/c1-16(2)20(27)24-18-8-6-17(7-9-18)15-23-21(22-3)26-12-10-25(11-13-26)19-5-4-14-28-19/h4-9,14,16H,10-13,15H2,1-3H3,(H,22,23)(H,24,27). The van der Waals surface area contributed by atoms with Gasteiger partial charge in [0.1, 0.15) is 0 Å². The lowest BCUT2D eigenvalue weighted by Crippen LogP contribution is -2.52. The summed E-state index contributed by atoms with van der Waals surface area (Å²) in [4.78, 5) is 21.0. The fourth-order valence-corrected chi connectivity index (χ4v) is 3.88. The molecule has 1 aliphatic heterocycles. The maximum absolute atomic E-state index is 11.8. The molecule has 1 aromatic heterocycles. The molecule has 1 fully saturated rings. The van der Waals surface area contributed by atoms with Gasteiger partial charge in [0.2, 0.25) is 5.91 Å². The van der Waals surface area contributed by atoms with Crippen molar-refractivity contribution in [1.82, 2.24) is 10.2 Å². The summed E-state index contributed by atoms with van der Waals surface area (Å²) in [5.74, 6) is 0.945. The lowest BCUT2D eigenvalue weighted by atomic mass is 10.1. The van der Waals surface area contributed by atoms with E-state index in [1.165, 1.54) is 5.00 Å². The highest BCUT2D eigenvalue weighted by Gasteiger charge is 2.20. The van der Waals surface area contributed by atoms with Gasteiger partial charge in [-0.1, -0.05) is 26.0 Å². The molecule has 1 aromatic carbocycles. The first kappa shape index (κ1) is 20.2. The summed E-state index contributed by atoms with van der Waals surface area (Å²) in [6, 6.07) is 12.2. The first-order chi connectivity index (χ1) is 13.6. The van der Waals surface area contributed by atoms with Crippen LogP contribution in [-0.2, 0) is 11.3 Å². The molecule has 150 valence electrons. The zero-order chi connectivity index (χ0) is 19.9. The van der Waals surface area contributed by atoms with Gasteiger partial charge < -0.3 is 20.4 Å². The van der Waals surface area contributed by atoms with E-state index in [9.17, 15) is 4.79 Å². The highest BCUT2D eigenvalue weighted by atomic mass is 32.1. The summed E-state index contributed by atoms with van der Waals surface area (Å²) in [5.41, 5.74) is 1.98. The van der Waals surface area contributed by atoms with Crippen molar-refractivity contribution in [3.05, 3.63) is 47.3 Å². The van der Waals surface area contributed by atoms with E-state index in [1.54, 1.807) is 11.3 Å². The van der Waals surface area contributed by atoms with Gasteiger partial charge in [0.05, 0.1) is 5.00 Å². The quantitative estimate of drug-likeness (QED) is 0.599. The number of thiophene rings is 1. The van der Waals surface area contributed by atoms with Crippen molar-refractivity contribution in [2.45, 2.75) is 20.4 Å². The van der Waals surface area contributed by atoms with Crippen molar-refractivity contribution in [2.24, 2.45) is 10.9 Å². The molecular weight excluding hydrogens is 370 g/mol. The van der Waals surface area contributed by atoms with Gasteiger partial charge in [0.25, 0.3) is 0 Å². The summed E-state index contributed by atoms with van der Waals surface area (Å²) in [6.45, 7) is 8.40. The van der Waals surface area contributed by atoms with Crippen molar-refractivity contribution in [1.29, 1.82) is 0 Å². The van der Waals surface area contributed by atoms with Crippen LogP contribution in [0.3, 0.4) is 0 Å². The predicted molar refractivity (Wildman–Crippen MR) is 118 cm³/mol. The van der Waals surface area contributed by atoms with Gasteiger partial charge in [0, 0.05) is 51.4 Å². The molecule has 3 rings (SSSR count). The van der Waals surface area contributed by atoms with Gasteiger partial charge >= 0.3 is 0 Å². The van der Waals surface area contributed by atoms with Crippen LogP contribution in [0.25, 0.3) is 0 Å². The second-order valence-electron chi connectivity index (χ2n) is 7.17. The number of nitrogens with one attached hydrogen (secondary N) is 2. The minimum Gasteiger partial charge on any atom is -0.360 e. The molecule has 0 unspecified atom stereocenters. The third-order valence-corrected chi connectivity index (χ3v) is 5.73. The number of aliphatic imine (C=N–C) groups is 1. The number of guanidine groups is 1. The fraction of sp³-hybridized carbons (Fsp3) is 0.429. The highest BCUT2D eigenvalue weighted by Crippen LogP contribution is 2.22. The molecule has 6 nitrogen and oxygen atoms in total. The molecule has 0 atom stereocenters. The Kier molecular flexibility index (Phi) is 6.92. The van der Waals surface area contributed by atoms with Gasteiger partial charge in [-0.3, -0.25) is 9.79 Å². The predicted octanol–water partition coefficient (Wildman–Crippen LogP) is 3.24. The van der Waals surface area contributed by atoms with Crippen LogP contribution in [0.1, 0.15) is 19.4 Å². The Morgan fingerprint density at radius 1 is 1.14 bits per heavy atom. The Morgan fingerprint density at radius 3 is 2.43 bits per heavy atom. The molecule has 7 heteroatoms. The van der Waals surface area contributed by atoms with E-state index in [1.807, 2.05) is 45.2 Å². The largest absolute Gasteiger partial charge is 0.360 e. The van der Waals surface area contributed by atoms with Gasteiger partial charge in [-0.2, -0.15) is 0 Å². The van der Waals surface area contributed by atoms with Crippen LogP contribution in [0.5, 0.6) is 0 Å². The average molecular weight is 400 g/mol. The highest BCUT2D eigenvalue weighted by molar-refractivity contribution is 7.14. The topological polar surface area (TPSA) is 60.0 Å². The van der Waals surface area contributed by atoms with Crippen molar-refractivity contribution < 1.29 is 4.79 Å². The molecule has 0 bridgehead atoms. The van der Waals surface area contributed by atoms with Crippen LogP contribution in [-0.4, -0.2) is 50.0 Å². The summed E-state index contributed by atoms with van der Waals surface area (Å²) >= 11 is 1.79. The Labute approximate surface area is 171 Å². The van der Waals surface area contributed by atoms with Crippen LogP contribution in [0.4, 0.5) is 10.7 Å². The monoisotopic (exact) mass is 399 g/mol. The fourth-order valence-electron chi connectivity index (χ4n) is 3.09. The van der Waals surface area contributed by atoms with Crippen LogP contribution >= 0.6 is 11.3 Å². The Hall–Kier alpha value is -2.54. The summed E-state index contributed by atoms with van der Waals surface area (Å²) in [5, 5.41) is 9.84. The molecule has 0 aliphatic carbocycles. The van der Waals surface area contributed by atoms with Crippen molar-refractivity contribution in [2.75, 3.05) is 43.4 Å². The van der Waals surface area contributed by atoms with Gasteiger partial charge in [-0.25, -0.2) is 0 Å². The number of amides is 1. The SMILES string of the molecule is CN=C(NCc1ccc(NC(=O)C(C)C)cc1)N1CCN(c2cccs2)CC1. The molecule has 2 N–H and O–H groups in total. The molecule has 0 spiro atoms. The van der Waals surface area contributed by atoms with E-state index < -0.39 is 0 Å². The molecule has 28 heavy (non-hydrogen) atoms. The number of nitrogens with zero attached hydrogens (tertiary/aromatic N) is 3. The summed E-state index contributed by atoms with van der Waals surface area (Å²) in [7, 11) is 1.83. The number of piperazine rings is 1. The molecule has 1 amide bonds. The lowest BCUT2D eigenvalue weighted by molar-refractivity contribution is -0.118. The zero-order valence-electron chi connectivity index (χ0n) is 16.8. The number of carbonyl (C=O) groups excluding carboxylic acids is 1. The van der Waals surface area contributed by atoms with E-state index in [4.69, 9.17) is 0 Å². The van der Waals surface area contributed by atoms with Crippen LogP contribution in [0.2, 0.25) is 0 Å². The molecule has 2 heterocycles. The second-order valence-corrected chi connectivity index (χ2v) is 8.09. The maximum atomic E-state index is 11.8. The molecule has 1 aliphatic rings. The summed E-state index contributed by atoms with van der Waals surface area (Å²) < 4.78 is 0. The Morgan fingerprint density at radius 2 is 1.86 bits per heavy atom. The van der Waals surface area contributed by atoms with Crippen LogP contribution in [0.15, 0.2) is 46.8 Å². The van der Waals surface area contributed by atoms with Gasteiger partial charge in [-0.15, -0.1) is 11.3 Å². The molecule has 2 aromatic rings. The number of carbonyl (C=O) groups is 1. The van der Waals surface area contributed by atoms with Gasteiger partial charge in [-0.05, 0) is 35.2 Å². The van der Waals surface area contributed by atoms with Crippen LogP contribution < -0.4 is 15.5 Å². The van der Waals surface area contributed by atoms with Crippen molar-refractivity contribution in [3.8, 4) is 0 Å². The minimum atomic E-state index is -0.0232. The second kappa shape index (κ2) is 9.59. The van der Waals surface area contributed by atoms with E-state index in [2.05, 4.69) is 42.9 Å². The molecule has 0 saturated carbocycles. The third-order valence-electron chi connectivity index (χ3n) is 4.81. The maximum Gasteiger partial charge on any atom is 0.226 e. The number of benzene rings is 1. The number of anilines is 2. The normalized spacial score (nSPS) is 15.1. The molecule has 0 radical (unpaired) electrons. The Bertz CT molecular complexity index is 778. The lowest BCUT2D eigenvalue weighted by Gasteiger charge is -2.37.